The number of hydrogen-bond acceptors (Lipinski definition) is 4. The number of nitrogens with two attached hydrogens (primary N) is 2. The molecule has 0 aromatic heterocycles. The van der Waals surface area contributed by atoms with Crippen molar-refractivity contribution in [1.82, 2.24) is 0 Å². The van der Waals surface area contributed by atoms with Crippen LogP contribution in [0.3, 0.4) is 0 Å². The second-order valence-electron chi connectivity index (χ2n) is 4.20. The van der Waals surface area contributed by atoms with E-state index < -0.39 is 5.97 Å². The fourth-order valence-corrected chi connectivity index (χ4v) is 1.14. The van der Waals surface area contributed by atoms with Crippen molar-refractivity contribution in [3.63, 3.8) is 0 Å². The molecule has 0 saturated carbocycles. The molecule has 0 radical (unpaired) electrons. The summed E-state index contributed by atoms with van der Waals surface area (Å²) in [5, 5.41) is 0. The van der Waals surface area contributed by atoms with Gasteiger partial charge in [-0.2, -0.15) is 0 Å². The van der Waals surface area contributed by atoms with Crippen LogP contribution in [0.15, 0.2) is 18.2 Å². The van der Waals surface area contributed by atoms with Gasteiger partial charge in [0.15, 0.2) is 0 Å². The van der Waals surface area contributed by atoms with Crippen LogP contribution in [0, 0.1) is 5.92 Å². The first-order chi connectivity index (χ1) is 7.41. The number of hydrogen-bond donors (Lipinski definition) is 2. The van der Waals surface area contributed by atoms with E-state index in [0.717, 1.165) is 0 Å². The Morgan fingerprint density at radius 3 is 2.38 bits per heavy atom. The van der Waals surface area contributed by atoms with E-state index in [2.05, 4.69) is 0 Å². The number of rotatable bonds is 3. The standard InChI is InChI=1S/C12H18N2O2/c1-7(2)8(3)16-12(15)10-5-4-9(13)6-11(10)14/h4-8H,13-14H2,1-3H3. The average molecular weight is 222 g/mol. The first-order valence-electron chi connectivity index (χ1n) is 5.27. The zero-order chi connectivity index (χ0) is 12.3. The van der Waals surface area contributed by atoms with Gasteiger partial charge in [-0.1, -0.05) is 13.8 Å². The molecular formula is C12H18N2O2. The molecule has 4 N–H and O–H groups in total. The maximum Gasteiger partial charge on any atom is 0.340 e. The Bertz CT molecular complexity index is 389. The van der Waals surface area contributed by atoms with Gasteiger partial charge < -0.3 is 16.2 Å². The molecular weight excluding hydrogens is 204 g/mol. The largest absolute Gasteiger partial charge is 0.459 e. The molecule has 0 amide bonds. The molecule has 1 rings (SSSR count). The molecule has 0 bridgehead atoms. The van der Waals surface area contributed by atoms with Gasteiger partial charge in [0.05, 0.1) is 5.56 Å². The van der Waals surface area contributed by atoms with Crippen LogP contribution < -0.4 is 11.5 Å². The molecule has 0 aliphatic carbocycles. The number of benzene rings is 1. The van der Waals surface area contributed by atoms with Gasteiger partial charge in [0.2, 0.25) is 0 Å². The molecule has 0 aliphatic rings. The number of carbonyl (C=O) groups excluding carboxylic acids is 1. The topological polar surface area (TPSA) is 78.3 Å². The van der Waals surface area contributed by atoms with Crippen LogP contribution in [0.5, 0.6) is 0 Å². The van der Waals surface area contributed by atoms with Gasteiger partial charge in [0.25, 0.3) is 0 Å². The molecule has 0 heterocycles. The van der Waals surface area contributed by atoms with Crippen molar-refractivity contribution in [3.05, 3.63) is 23.8 Å². The highest BCUT2D eigenvalue weighted by atomic mass is 16.5. The third kappa shape index (κ3) is 2.89. The molecule has 4 nitrogen and oxygen atoms in total. The lowest BCUT2D eigenvalue weighted by Gasteiger charge is -2.17. The summed E-state index contributed by atoms with van der Waals surface area (Å²) >= 11 is 0. The van der Waals surface area contributed by atoms with Crippen LogP contribution in [-0.4, -0.2) is 12.1 Å². The summed E-state index contributed by atoms with van der Waals surface area (Å²) in [5.74, 6) is -0.127. The molecule has 88 valence electrons. The van der Waals surface area contributed by atoms with Crippen LogP contribution >= 0.6 is 0 Å². The zero-order valence-corrected chi connectivity index (χ0v) is 9.86. The Morgan fingerprint density at radius 2 is 1.88 bits per heavy atom. The van der Waals surface area contributed by atoms with Gasteiger partial charge in [-0.25, -0.2) is 4.79 Å². The van der Waals surface area contributed by atoms with Crippen LogP contribution in [-0.2, 0) is 4.74 Å². The summed E-state index contributed by atoms with van der Waals surface area (Å²) in [6.07, 6.45) is -0.135. The Balaban J connectivity index is 2.81. The van der Waals surface area contributed by atoms with E-state index in [1.54, 1.807) is 18.2 Å². The summed E-state index contributed by atoms with van der Waals surface area (Å²) in [4.78, 5) is 11.7. The predicted molar refractivity (Wildman–Crippen MR) is 65.0 cm³/mol. The van der Waals surface area contributed by atoms with Gasteiger partial charge >= 0.3 is 5.97 Å². The van der Waals surface area contributed by atoms with Crippen molar-refractivity contribution in [1.29, 1.82) is 0 Å². The number of ether oxygens (including phenoxy) is 1. The Kier molecular flexibility index (Phi) is 3.77. The van der Waals surface area contributed by atoms with E-state index >= 15 is 0 Å². The smallest absolute Gasteiger partial charge is 0.340 e. The number of esters is 1. The number of nitrogen functional groups attached to an aromatic ring is 2. The predicted octanol–water partition coefficient (Wildman–Crippen LogP) is 2.05. The van der Waals surface area contributed by atoms with E-state index in [1.165, 1.54) is 0 Å². The average Bonchev–Trinajstić information content (AvgIpc) is 2.16. The second-order valence-corrected chi connectivity index (χ2v) is 4.20. The molecule has 0 aliphatic heterocycles. The lowest BCUT2D eigenvalue weighted by molar-refractivity contribution is 0.0239. The van der Waals surface area contributed by atoms with Gasteiger partial charge in [0.1, 0.15) is 6.10 Å². The summed E-state index contributed by atoms with van der Waals surface area (Å²) < 4.78 is 5.26. The zero-order valence-electron chi connectivity index (χ0n) is 9.86. The Labute approximate surface area is 95.6 Å². The maximum atomic E-state index is 11.7. The summed E-state index contributed by atoms with van der Waals surface area (Å²) in [7, 11) is 0. The summed E-state index contributed by atoms with van der Waals surface area (Å²) in [5.41, 5.74) is 12.5. The normalized spacial score (nSPS) is 12.5. The van der Waals surface area contributed by atoms with Gasteiger partial charge in [0, 0.05) is 11.4 Å². The minimum absolute atomic E-state index is 0.135. The number of anilines is 2. The quantitative estimate of drug-likeness (QED) is 0.606. The van der Waals surface area contributed by atoms with Crippen LogP contribution in [0.4, 0.5) is 11.4 Å². The Morgan fingerprint density at radius 1 is 1.25 bits per heavy atom. The first kappa shape index (κ1) is 12.4. The van der Waals surface area contributed by atoms with Crippen molar-refractivity contribution < 1.29 is 9.53 Å². The fraction of sp³-hybridized carbons (Fsp3) is 0.417. The number of carbonyl (C=O) groups is 1. The van der Waals surface area contributed by atoms with E-state index in [4.69, 9.17) is 16.2 Å². The third-order valence-electron chi connectivity index (χ3n) is 2.53. The molecule has 4 heteroatoms. The van der Waals surface area contributed by atoms with Crippen molar-refractivity contribution in [2.75, 3.05) is 11.5 Å². The lowest BCUT2D eigenvalue weighted by Crippen LogP contribution is -2.21. The molecule has 1 atom stereocenters. The molecule has 0 fully saturated rings. The van der Waals surface area contributed by atoms with Crippen LogP contribution in [0.1, 0.15) is 31.1 Å². The molecule has 1 unspecified atom stereocenters. The third-order valence-corrected chi connectivity index (χ3v) is 2.53. The molecule has 0 saturated heterocycles. The minimum atomic E-state index is -0.404. The van der Waals surface area contributed by atoms with E-state index in [9.17, 15) is 4.79 Å². The highest BCUT2D eigenvalue weighted by Crippen LogP contribution is 2.18. The first-order valence-corrected chi connectivity index (χ1v) is 5.27. The van der Waals surface area contributed by atoms with Crippen molar-refractivity contribution in [3.8, 4) is 0 Å². The van der Waals surface area contributed by atoms with Gasteiger partial charge in [-0.3, -0.25) is 0 Å². The van der Waals surface area contributed by atoms with Gasteiger partial charge in [-0.05, 0) is 31.0 Å². The molecule has 16 heavy (non-hydrogen) atoms. The maximum absolute atomic E-state index is 11.7. The van der Waals surface area contributed by atoms with Crippen molar-refractivity contribution in [2.45, 2.75) is 26.9 Å². The SMILES string of the molecule is CC(C)C(C)OC(=O)c1ccc(N)cc1N. The fourth-order valence-electron chi connectivity index (χ4n) is 1.14. The minimum Gasteiger partial charge on any atom is -0.459 e. The van der Waals surface area contributed by atoms with E-state index in [1.807, 2.05) is 20.8 Å². The van der Waals surface area contributed by atoms with Gasteiger partial charge in [-0.15, -0.1) is 0 Å². The summed E-state index contributed by atoms with van der Waals surface area (Å²) in [6.45, 7) is 5.84. The van der Waals surface area contributed by atoms with Crippen LogP contribution in [0.25, 0.3) is 0 Å². The highest BCUT2D eigenvalue weighted by molar-refractivity contribution is 5.95. The van der Waals surface area contributed by atoms with Crippen LogP contribution in [0.2, 0.25) is 0 Å². The molecule has 0 spiro atoms. The Hall–Kier alpha value is -1.71. The second kappa shape index (κ2) is 4.88. The van der Waals surface area contributed by atoms with E-state index in [0.29, 0.717) is 16.9 Å². The lowest BCUT2D eigenvalue weighted by atomic mass is 10.1. The van der Waals surface area contributed by atoms with Crippen molar-refractivity contribution >= 4 is 17.3 Å². The highest BCUT2D eigenvalue weighted by Gasteiger charge is 2.16. The monoisotopic (exact) mass is 222 g/mol. The molecule has 1 aromatic carbocycles. The van der Waals surface area contributed by atoms with E-state index in [-0.39, 0.29) is 12.0 Å². The molecule has 1 aromatic rings. The van der Waals surface area contributed by atoms with Crippen molar-refractivity contribution in [2.24, 2.45) is 5.92 Å². The summed E-state index contributed by atoms with van der Waals surface area (Å²) in [6, 6.07) is 4.77.